The fourth-order valence-electron chi connectivity index (χ4n) is 2.25. The zero-order valence-corrected chi connectivity index (χ0v) is 13.3. The molecular weight excluding hydrogens is 266 g/mol. The van der Waals surface area contributed by atoms with Gasteiger partial charge in [0.2, 0.25) is 5.91 Å². The number of amides is 1. The molecule has 1 amide bonds. The van der Waals surface area contributed by atoms with Gasteiger partial charge in [-0.05, 0) is 38.0 Å². The highest BCUT2D eigenvalue weighted by Crippen LogP contribution is 2.24. The first-order valence-corrected chi connectivity index (χ1v) is 7.51. The van der Waals surface area contributed by atoms with Gasteiger partial charge >= 0.3 is 0 Å². The molecule has 3 N–H and O–H groups in total. The van der Waals surface area contributed by atoms with Crippen molar-refractivity contribution in [2.24, 2.45) is 0 Å². The Labute approximate surface area is 127 Å². The average molecular weight is 293 g/mol. The van der Waals surface area contributed by atoms with Crippen molar-refractivity contribution >= 4 is 17.3 Å². The predicted molar refractivity (Wildman–Crippen MR) is 87.6 cm³/mol. The highest BCUT2D eigenvalue weighted by atomic mass is 16.5. The Hall–Kier alpha value is -1.75. The molecule has 0 spiro atoms. The van der Waals surface area contributed by atoms with Crippen molar-refractivity contribution in [2.75, 3.05) is 44.0 Å². The van der Waals surface area contributed by atoms with Crippen LogP contribution in [0.3, 0.4) is 0 Å². The molecule has 21 heavy (non-hydrogen) atoms. The van der Waals surface area contributed by atoms with Gasteiger partial charge in [0.15, 0.2) is 0 Å². The second kappa shape index (κ2) is 9.23. The first kappa shape index (κ1) is 17.3. The van der Waals surface area contributed by atoms with E-state index in [4.69, 9.17) is 10.5 Å². The summed E-state index contributed by atoms with van der Waals surface area (Å²) in [7, 11) is 1.62. The molecule has 1 rings (SSSR count). The second-order valence-corrected chi connectivity index (χ2v) is 4.91. The summed E-state index contributed by atoms with van der Waals surface area (Å²) in [5.41, 5.74) is 9.04. The van der Waals surface area contributed by atoms with Crippen molar-refractivity contribution < 1.29 is 9.53 Å². The maximum atomic E-state index is 11.6. The largest absolute Gasteiger partial charge is 0.397 e. The minimum absolute atomic E-state index is 0.0402. The molecule has 118 valence electrons. The molecule has 0 aliphatic heterocycles. The summed E-state index contributed by atoms with van der Waals surface area (Å²) in [6, 6.07) is 6.06. The van der Waals surface area contributed by atoms with Crippen molar-refractivity contribution in [2.45, 2.75) is 26.7 Å². The summed E-state index contributed by atoms with van der Waals surface area (Å²) in [4.78, 5) is 13.9. The molecule has 5 heteroatoms. The van der Waals surface area contributed by atoms with E-state index in [2.05, 4.69) is 24.1 Å². The number of hydrogen-bond acceptors (Lipinski definition) is 4. The Morgan fingerprint density at radius 1 is 1.33 bits per heavy atom. The van der Waals surface area contributed by atoms with E-state index in [9.17, 15) is 4.79 Å². The lowest BCUT2D eigenvalue weighted by atomic mass is 10.1. The quantitative estimate of drug-likeness (QED) is 0.538. The zero-order valence-electron chi connectivity index (χ0n) is 13.3. The third-order valence-electron chi connectivity index (χ3n) is 3.47. The number of hydrogen-bond donors (Lipinski definition) is 2. The monoisotopic (exact) mass is 293 g/mol. The van der Waals surface area contributed by atoms with Crippen LogP contribution in [0.5, 0.6) is 0 Å². The Balaban J connectivity index is 2.54. The molecule has 0 atom stereocenters. The molecule has 0 aliphatic carbocycles. The molecule has 0 fully saturated rings. The van der Waals surface area contributed by atoms with Crippen LogP contribution in [0.25, 0.3) is 0 Å². The SMILES string of the molecule is CCN(CC)c1ccc(CCC(=O)NCCOC)cc1N. The van der Waals surface area contributed by atoms with Gasteiger partial charge in [0.05, 0.1) is 18.0 Å². The van der Waals surface area contributed by atoms with Crippen LogP contribution in [0.2, 0.25) is 0 Å². The van der Waals surface area contributed by atoms with Crippen LogP contribution < -0.4 is 16.0 Å². The van der Waals surface area contributed by atoms with Crippen LogP contribution >= 0.6 is 0 Å². The molecule has 5 nitrogen and oxygen atoms in total. The van der Waals surface area contributed by atoms with Gasteiger partial charge < -0.3 is 20.7 Å². The maximum absolute atomic E-state index is 11.6. The van der Waals surface area contributed by atoms with E-state index in [1.165, 1.54) is 0 Å². The molecule has 1 aromatic carbocycles. The molecule has 0 aliphatic rings. The van der Waals surface area contributed by atoms with E-state index in [-0.39, 0.29) is 5.91 Å². The molecule has 0 saturated heterocycles. The van der Waals surface area contributed by atoms with Crippen LogP contribution in [-0.2, 0) is 16.0 Å². The number of nitrogen functional groups attached to an aromatic ring is 1. The molecule has 0 bridgehead atoms. The Morgan fingerprint density at radius 2 is 2.05 bits per heavy atom. The van der Waals surface area contributed by atoms with E-state index < -0.39 is 0 Å². The summed E-state index contributed by atoms with van der Waals surface area (Å²) in [5, 5.41) is 2.81. The maximum Gasteiger partial charge on any atom is 0.220 e. The molecule has 0 unspecified atom stereocenters. The van der Waals surface area contributed by atoms with Gasteiger partial charge in [-0.3, -0.25) is 4.79 Å². The Bertz CT molecular complexity index is 445. The van der Waals surface area contributed by atoms with E-state index in [0.29, 0.717) is 26.0 Å². The summed E-state index contributed by atoms with van der Waals surface area (Å²) in [6.07, 6.45) is 1.16. The van der Waals surface area contributed by atoms with Crippen molar-refractivity contribution in [3.63, 3.8) is 0 Å². The van der Waals surface area contributed by atoms with Gasteiger partial charge in [-0.15, -0.1) is 0 Å². The van der Waals surface area contributed by atoms with Crippen molar-refractivity contribution in [3.05, 3.63) is 23.8 Å². The summed E-state index contributed by atoms with van der Waals surface area (Å²) in [6.45, 7) is 7.18. The zero-order chi connectivity index (χ0) is 15.7. The van der Waals surface area contributed by atoms with Crippen LogP contribution in [0.4, 0.5) is 11.4 Å². The number of nitrogens with one attached hydrogen (secondary N) is 1. The number of aryl methyl sites for hydroxylation is 1. The summed E-state index contributed by atoms with van der Waals surface area (Å²) < 4.78 is 4.89. The number of benzene rings is 1. The van der Waals surface area contributed by atoms with Gasteiger partial charge in [-0.1, -0.05) is 6.07 Å². The normalized spacial score (nSPS) is 10.4. The number of rotatable bonds is 9. The smallest absolute Gasteiger partial charge is 0.220 e. The van der Waals surface area contributed by atoms with Crippen LogP contribution in [0.15, 0.2) is 18.2 Å². The van der Waals surface area contributed by atoms with Gasteiger partial charge in [0, 0.05) is 33.2 Å². The lowest BCUT2D eigenvalue weighted by Gasteiger charge is -2.23. The predicted octanol–water partition coefficient (Wildman–Crippen LogP) is 1.81. The molecule has 0 aromatic heterocycles. The molecule has 0 radical (unpaired) electrons. The average Bonchev–Trinajstić information content (AvgIpc) is 2.48. The van der Waals surface area contributed by atoms with E-state index in [0.717, 1.165) is 30.0 Å². The van der Waals surface area contributed by atoms with Gasteiger partial charge in [-0.25, -0.2) is 0 Å². The van der Waals surface area contributed by atoms with E-state index in [1.54, 1.807) is 7.11 Å². The highest BCUT2D eigenvalue weighted by Gasteiger charge is 2.08. The number of ether oxygens (including phenoxy) is 1. The third-order valence-corrected chi connectivity index (χ3v) is 3.47. The minimum atomic E-state index is 0.0402. The number of carbonyl (C=O) groups excluding carboxylic acids is 1. The third kappa shape index (κ3) is 5.63. The fourth-order valence-corrected chi connectivity index (χ4v) is 2.25. The lowest BCUT2D eigenvalue weighted by Crippen LogP contribution is -2.27. The lowest BCUT2D eigenvalue weighted by molar-refractivity contribution is -0.121. The number of carbonyl (C=O) groups is 1. The molecule has 0 saturated carbocycles. The molecule has 1 aromatic rings. The Morgan fingerprint density at radius 3 is 2.62 bits per heavy atom. The van der Waals surface area contributed by atoms with E-state index >= 15 is 0 Å². The van der Waals surface area contributed by atoms with Crippen LogP contribution in [0.1, 0.15) is 25.8 Å². The first-order valence-electron chi connectivity index (χ1n) is 7.51. The van der Waals surface area contributed by atoms with Crippen LogP contribution in [0, 0.1) is 0 Å². The Kier molecular flexibility index (Phi) is 7.61. The second-order valence-electron chi connectivity index (χ2n) is 4.91. The van der Waals surface area contributed by atoms with Gasteiger partial charge in [0.25, 0.3) is 0 Å². The van der Waals surface area contributed by atoms with Crippen LogP contribution in [-0.4, -0.2) is 39.3 Å². The fraction of sp³-hybridized carbons (Fsp3) is 0.562. The first-order chi connectivity index (χ1) is 10.1. The van der Waals surface area contributed by atoms with E-state index in [1.807, 2.05) is 18.2 Å². The molecular formula is C16H27N3O2. The standard InChI is InChI=1S/C16H27N3O2/c1-4-19(5-2)15-8-6-13(12-14(15)17)7-9-16(20)18-10-11-21-3/h6,8,12H,4-5,7,9-11,17H2,1-3H3,(H,18,20). The number of anilines is 2. The number of methoxy groups -OCH3 is 1. The number of nitrogens with two attached hydrogens (primary N) is 1. The van der Waals surface area contributed by atoms with Crippen molar-refractivity contribution in [3.8, 4) is 0 Å². The minimum Gasteiger partial charge on any atom is -0.397 e. The highest BCUT2D eigenvalue weighted by molar-refractivity contribution is 5.76. The summed E-state index contributed by atoms with van der Waals surface area (Å²) >= 11 is 0. The topological polar surface area (TPSA) is 67.6 Å². The van der Waals surface area contributed by atoms with Crippen molar-refractivity contribution in [1.29, 1.82) is 0 Å². The van der Waals surface area contributed by atoms with Gasteiger partial charge in [0.1, 0.15) is 0 Å². The van der Waals surface area contributed by atoms with Gasteiger partial charge in [-0.2, -0.15) is 0 Å². The number of nitrogens with zero attached hydrogens (tertiary/aromatic N) is 1. The summed E-state index contributed by atoms with van der Waals surface area (Å²) in [5.74, 6) is 0.0402. The van der Waals surface area contributed by atoms with Crippen molar-refractivity contribution in [1.82, 2.24) is 5.32 Å². The molecule has 0 heterocycles.